The number of hydrogen-bond donors (Lipinski definition) is 1. The van der Waals surface area contributed by atoms with Crippen LogP contribution in [-0.2, 0) is 6.54 Å². The molecule has 18 heavy (non-hydrogen) atoms. The van der Waals surface area contributed by atoms with Gasteiger partial charge in [0, 0.05) is 24.8 Å². The smallest absolute Gasteiger partial charge is 0.130 e. The van der Waals surface area contributed by atoms with E-state index in [1.54, 1.807) is 6.20 Å². The van der Waals surface area contributed by atoms with Crippen molar-refractivity contribution < 1.29 is 4.74 Å². The van der Waals surface area contributed by atoms with Gasteiger partial charge >= 0.3 is 0 Å². The Labute approximate surface area is 108 Å². The second kappa shape index (κ2) is 6.17. The van der Waals surface area contributed by atoms with Gasteiger partial charge in [0.15, 0.2) is 0 Å². The molecule has 0 atom stereocenters. The molecule has 3 heteroatoms. The van der Waals surface area contributed by atoms with Crippen LogP contribution in [0.4, 0.5) is 0 Å². The van der Waals surface area contributed by atoms with Gasteiger partial charge in [-0.05, 0) is 18.2 Å². The lowest BCUT2D eigenvalue weighted by molar-refractivity contribution is 0.479. The number of aromatic nitrogens is 1. The van der Waals surface area contributed by atoms with Gasteiger partial charge in [0.25, 0.3) is 0 Å². The quantitative estimate of drug-likeness (QED) is 0.872. The van der Waals surface area contributed by atoms with E-state index in [0.717, 1.165) is 23.7 Å². The van der Waals surface area contributed by atoms with Crippen LogP contribution < -0.4 is 10.1 Å². The first-order valence-corrected chi connectivity index (χ1v) is 6.15. The minimum Gasteiger partial charge on any atom is -0.457 e. The van der Waals surface area contributed by atoms with E-state index in [9.17, 15) is 0 Å². The molecule has 0 fully saturated rings. The normalized spacial score (nSPS) is 10.6. The number of benzene rings is 1. The molecule has 2 aromatic rings. The number of nitrogens with zero attached hydrogens (tertiary/aromatic N) is 1. The zero-order chi connectivity index (χ0) is 12.8. The fourth-order valence-corrected chi connectivity index (χ4v) is 1.55. The van der Waals surface area contributed by atoms with Crippen molar-refractivity contribution in [3.8, 4) is 11.5 Å². The predicted molar refractivity (Wildman–Crippen MR) is 72.7 cm³/mol. The lowest BCUT2D eigenvalue weighted by Crippen LogP contribution is -2.22. The third kappa shape index (κ3) is 3.86. The molecule has 2 rings (SSSR count). The zero-order valence-corrected chi connectivity index (χ0v) is 10.8. The molecule has 1 N–H and O–H groups in total. The standard InChI is InChI=1S/C15H18N2O/c1-12(2)17-11-13-10-15(8-9-16-13)18-14-6-4-3-5-7-14/h3-10,12,17H,11H2,1-2H3. The molecule has 94 valence electrons. The SMILES string of the molecule is CC(C)NCc1cc(Oc2ccccc2)ccn1. The molecule has 1 heterocycles. The summed E-state index contributed by atoms with van der Waals surface area (Å²) in [4.78, 5) is 4.31. The van der Waals surface area contributed by atoms with Crippen molar-refractivity contribution in [2.75, 3.05) is 0 Å². The lowest BCUT2D eigenvalue weighted by atomic mass is 10.3. The molecule has 3 nitrogen and oxygen atoms in total. The molecule has 0 bridgehead atoms. The highest BCUT2D eigenvalue weighted by Gasteiger charge is 2.00. The Kier molecular flexibility index (Phi) is 4.31. The maximum atomic E-state index is 5.76. The van der Waals surface area contributed by atoms with E-state index in [0.29, 0.717) is 6.04 Å². The van der Waals surface area contributed by atoms with Crippen molar-refractivity contribution in [2.45, 2.75) is 26.4 Å². The molecule has 0 unspecified atom stereocenters. The van der Waals surface area contributed by atoms with Gasteiger partial charge in [-0.3, -0.25) is 4.98 Å². The minimum atomic E-state index is 0.450. The molecule has 0 amide bonds. The van der Waals surface area contributed by atoms with Gasteiger partial charge in [0.2, 0.25) is 0 Å². The van der Waals surface area contributed by atoms with E-state index in [1.165, 1.54) is 0 Å². The molecule has 0 aliphatic rings. The maximum Gasteiger partial charge on any atom is 0.130 e. The molecule has 0 aliphatic heterocycles. The summed E-state index contributed by atoms with van der Waals surface area (Å²) in [7, 11) is 0. The first-order chi connectivity index (χ1) is 8.74. The predicted octanol–water partition coefficient (Wildman–Crippen LogP) is 3.37. The van der Waals surface area contributed by atoms with Gasteiger partial charge in [-0.25, -0.2) is 0 Å². The Hall–Kier alpha value is -1.87. The van der Waals surface area contributed by atoms with Crippen LogP contribution in [0.15, 0.2) is 48.7 Å². The Morgan fingerprint density at radius 1 is 1.11 bits per heavy atom. The van der Waals surface area contributed by atoms with E-state index in [4.69, 9.17) is 4.74 Å². The summed E-state index contributed by atoms with van der Waals surface area (Å²) in [6.07, 6.45) is 1.77. The fourth-order valence-electron chi connectivity index (χ4n) is 1.55. The van der Waals surface area contributed by atoms with Gasteiger partial charge in [-0.15, -0.1) is 0 Å². The van der Waals surface area contributed by atoms with Crippen LogP contribution in [0, 0.1) is 0 Å². The Bertz CT molecular complexity index is 483. The van der Waals surface area contributed by atoms with Gasteiger partial charge in [-0.2, -0.15) is 0 Å². The summed E-state index contributed by atoms with van der Waals surface area (Å²) in [5, 5.41) is 3.33. The molecular formula is C15H18N2O. The second-order valence-electron chi connectivity index (χ2n) is 4.43. The Balaban J connectivity index is 2.03. The number of pyridine rings is 1. The largest absolute Gasteiger partial charge is 0.457 e. The number of para-hydroxylation sites is 1. The van der Waals surface area contributed by atoms with Crippen molar-refractivity contribution in [1.82, 2.24) is 10.3 Å². The highest BCUT2D eigenvalue weighted by molar-refractivity contribution is 5.30. The van der Waals surface area contributed by atoms with Gasteiger partial charge in [0.1, 0.15) is 11.5 Å². The topological polar surface area (TPSA) is 34.1 Å². The van der Waals surface area contributed by atoms with Crippen LogP contribution in [0.1, 0.15) is 19.5 Å². The number of nitrogens with one attached hydrogen (secondary N) is 1. The van der Waals surface area contributed by atoms with Crippen molar-refractivity contribution in [1.29, 1.82) is 0 Å². The molecule has 0 radical (unpaired) electrons. The third-order valence-electron chi connectivity index (χ3n) is 2.46. The average molecular weight is 242 g/mol. The second-order valence-corrected chi connectivity index (χ2v) is 4.43. The Morgan fingerprint density at radius 3 is 2.61 bits per heavy atom. The highest BCUT2D eigenvalue weighted by atomic mass is 16.5. The highest BCUT2D eigenvalue weighted by Crippen LogP contribution is 2.20. The third-order valence-corrected chi connectivity index (χ3v) is 2.46. The minimum absolute atomic E-state index is 0.450. The fraction of sp³-hybridized carbons (Fsp3) is 0.267. The molecule has 0 saturated heterocycles. The van der Waals surface area contributed by atoms with Crippen molar-refractivity contribution in [3.63, 3.8) is 0 Å². The number of rotatable bonds is 5. The van der Waals surface area contributed by atoms with Crippen LogP contribution in [0.25, 0.3) is 0 Å². The van der Waals surface area contributed by atoms with Crippen LogP contribution in [-0.4, -0.2) is 11.0 Å². The molecule has 0 spiro atoms. The van der Waals surface area contributed by atoms with Crippen LogP contribution in [0.5, 0.6) is 11.5 Å². The van der Waals surface area contributed by atoms with Crippen molar-refractivity contribution in [3.05, 3.63) is 54.4 Å². The molecule has 0 aliphatic carbocycles. The summed E-state index contributed by atoms with van der Waals surface area (Å²) < 4.78 is 5.76. The van der Waals surface area contributed by atoms with Crippen molar-refractivity contribution in [2.24, 2.45) is 0 Å². The molecule has 1 aromatic heterocycles. The van der Waals surface area contributed by atoms with Gasteiger partial charge in [-0.1, -0.05) is 32.0 Å². The first-order valence-electron chi connectivity index (χ1n) is 6.15. The summed E-state index contributed by atoms with van der Waals surface area (Å²) in [6, 6.07) is 14.0. The van der Waals surface area contributed by atoms with Gasteiger partial charge in [0.05, 0.1) is 5.69 Å². The van der Waals surface area contributed by atoms with Gasteiger partial charge < -0.3 is 10.1 Å². The van der Waals surface area contributed by atoms with E-state index >= 15 is 0 Å². The summed E-state index contributed by atoms with van der Waals surface area (Å²) in [5.41, 5.74) is 0.983. The molecule has 1 aromatic carbocycles. The number of hydrogen-bond acceptors (Lipinski definition) is 3. The number of ether oxygens (including phenoxy) is 1. The summed E-state index contributed by atoms with van der Waals surface area (Å²) in [6.45, 7) is 4.98. The van der Waals surface area contributed by atoms with E-state index in [1.807, 2.05) is 42.5 Å². The maximum absolute atomic E-state index is 5.76. The summed E-state index contributed by atoms with van der Waals surface area (Å²) in [5.74, 6) is 1.66. The van der Waals surface area contributed by atoms with E-state index in [-0.39, 0.29) is 0 Å². The first kappa shape index (κ1) is 12.6. The molecule has 0 saturated carbocycles. The monoisotopic (exact) mass is 242 g/mol. The van der Waals surface area contributed by atoms with Crippen molar-refractivity contribution >= 4 is 0 Å². The average Bonchev–Trinajstić information content (AvgIpc) is 2.38. The van der Waals surface area contributed by atoms with Crippen LogP contribution in [0.3, 0.4) is 0 Å². The summed E-state index contributed by atoms with van der Waals surface area (Å²) >= 11 is 0. The zero-order valence-electron chi connectivity index (χ0n) is 10.8. The van der Waals surface area contributed by atoms with E-state index in [2.05, 4.69) is 24.1 Å². The Morgan fingerprint density at radius 2 is 1.89 bits per heavy atom. The lowest BCUT2D eigenvalue weighted by Gasteiger charge is -2.09. The van der Waals surface area contributed by atoms with Crippen LogP contribution in [0.2, 0.25) is 0 Å². The molecular weight excluding hydrogens is 224 g/mol. The van der Waals surface area contributed by atoms with Crippen LogP contribution >= 0.6 is 0 Å². The van der Waals surface area contributed by atoms with E-state index < -0.39 is 0 Å².